The molecule has 0 fully saturated rings. The van der Waals surface area contributed by atoms with Gasteiger partial charge in [0.25, 0.3) is 0 Å². The lowest BCUT2D eigenvalue weighted by Gasteiger charge is -2.17. The molecule has 0 spiro atoms. The Morgan fingerprint density at radius 1 is 1.50 bits per heavy atom. The SMILES string of the molecule is CC(C)(O)Cn1c(=O)[nH]c2ccc(F)cc21. The molecule has 0 aliphatic rings. The average Bonchev–Trinajstić information content (AvgIpc) is 2.42. The zero-order chi connectivity index (χ0) is 11.9. The van der Waals surface area contributed by atoms with E-state index in [-0.39, 0.29) is 12.2 Å². The van der Waals surface area contributed by atoms with Crippen LogP contribution in [0.3, 0.4) is 0 Å². The molecule has 1 heterocycles. The number of aromatic amines is 1. The van der Waals surface area contributed by atoms with E-state index >= 15 is 0 Å². The molecule has 4 nitrogen and oxygen atoms in total. The van der Waals surface area contributed by atoms with Gasteiger partial charge in [0.05, 0.1) is 23.2 Å². The molecule has 0 unspecified atom stereocenters. The van der Waals surface area contributed by atoms with Crippen molar-refractivity contribution < 1.29 is 9.50 Å². The second-order valence-corrected chi connectivity index (χ2v) is 4.49. The first-order valence-corrected chi connectivity index (χ1v) is 4.97. The fourth-order valence-electron chi connectivity index (χ4n) is 1.67. The van der Waals surface area contributed by atoms with Gasteiger partial charge in [-0.2, -0.15) is 0 Å². The van der Waals surface area contributed by atoms with Crippen molar-refractivity contribution in [3.8, 4) is 0 Å². The summed E-state index contributed by atoms with van der Waals surface area (Å²) in [4.78, 5) is 14.2. The van der Waals surface area contributed by atoms with E-state index in [1.807, 2.05) is 0 Å². The molecule has 0 aliphatic heterocycles. The smallest absolute Gasteiger partial charge is 0.326 e. The predicted octanol–water partition coefficient (Wildman–Crippen LogP) is 1.24. The summed E-state index contributed by atoms with van der Waals surface area (Å²) in [6.07, 6.45) is 0. The van der Waals surface area contributed by atoms with E-state index in [4.69, 9.17) is 0 Å². The van der Waals surface area contributed by atoms with E-state index in [0.717, 1.165) is 0 Å². The third-order valence-electron chi connectivity index (χ3n) is 2.28. The van der Waals surface area contributed by atoms with Crippen molar-refractivity contribution in [3.05, 3.63) is 34.5 Å². The summed E-state index contributed by atoms with van der Waals surface area (Å²) in [6.45, 7) is 3.31. The highest BCUT2D eigenvalue weighted by molar-refractivity contribution is 5.75. The number of fused-ring (bicyclic) bond motifs is 1. The van der Waals surface area contributed by atoms with Gasteiger partial charge in [0.15, 0.2) is 0 Å². The first kappa shape index (κ1) is 10.9. The van der Waals surface area contributed by atoms with Gasteiger partial charge in [-0.05, 0) is 32.0 Å². The number of H-pyrrole nitrogens is 1. The van der Waals surface area contributed by atoms with Gasteiger partial charge < -0.3 is 10.1 Å². The fourth-order valence-corrected chi connectivity index (χ4v) is 1.67. The molecule has 86 valence electrons. The van der Waals surface area contributed by atoms with Gasteiger partial charge in [-0.15, -0.1) is 0 Å². The topological polar surface area (TPSA) is 58.0 Å². The third-order valence-corrected chi connectivity index (χ3v) is 2.28. The predicted molar refractivity (Wildman–Crippen MR) is 58.8 cm³/mol. The van der Waals surface area contributed by atoms with E-state index < -0.39 is 11.4 Å². The molecule has 0 saturated heterocycles. The zero-order valence-electron chi connectivity index (χ0n) is 9.12. The molecule has 0 aliphatic carbocycles. The number of imidazole rings is 1. The van der Waals surface area contributed by atoms with Crippen LogP contribution in [0.25, 0.3) is 11.0 Å². The molecule has 2 aromatic rings. The first-order chi connectivity index (χ1) is 7.37. The van der Waals surface area contributed by atoms with Crippen molar-refractivity contribution in [1.82, 2.24) is 9.55 Å². The second kappa shape index (κ2) is 3.45. The van der Waals surface area contributed by atoms with Crippen LogP contribution in [0.15, 0.2) is 23.0 Å². The molecule has 2 N–H and O–H groups in total. The van der Waals surface area contributed by atoms with Crippen LogP contribution in [0.2, 0.25) is 0 Å². The Morgan fingerprint density at radius 2 is 2.19 bits per heavy atom. The maximum atomic E-state index is 13.1. The molecular formula is C11H13FN2O2. The Balaban J connectivity index is 2.63. The van der Waals surface area contributed by atoms with Crippen LogP contribution in [0.4, 0.5) is 4.39 Å². The number of rotatable bonds is 2. The molecule has 16 heavy (non-hydrogen) atoms. The summed E-state index contributed by atoms with van der Waals surface area (Å²) in [5.41, 5.74) is -0.337. The highest BCUT2D eigenvalue weighted by Crippen LogP contribution is 2.14. The van der Waals surface area contributed by atoms with Gasteiger partial charge in [-0.25, -0.2) is 9.18 Å². The highest BCUT2D eigenvalue weighted by Gasteiger charge is 2.17. The molecule has 5 heteroatoms. The quantitative estimate of drug-likeness (QED) is 0.806. The van der Waals surface area contributed by atoms with Gasteiger partial charge in [0.2, 0.25) is 0 Å². The van der Waals surface area contributed by atoms with Gasteiger partial charge >= 0.3 is 5.69 Å². The summed E-state index contributed by atoms with van der Waals surface area (Å²) < 4.78 is 14.4. The first-order valence-electron chi connectivity index (χ1n) is 4.97. The van der Waals surface area contributed by atoms with Gasteiger partial charge in [0, 0.05) is 0 Å². The standard InChI is InChI=1S/C11H13FN2O2/c1-11(2,16)6-14-9-5-7(12)3-4-8(9)13-10(14)15/h3-5,16H,6H2,1-2H3,(H,13,15). The summed E-state index contributed by atoms with van der Waals surface area (Å²) >= 11 is 0. The highest BCUT2D eigenvalue weighted by atomic mass is 19.1. The average molecular weight is 224 g/mol. The Bertz CT molecular complexity index is 578. The van der Waals surface area contributed by atoms with Crippen LogP contribution in [-0.4, -0.2) is 20.3 Å². The number of nitrogens with one attached hydrogen (secondary N) is 1. The number of halogens is 1. The van der Waals surface area contributed by atoms with Gasteiger partial charge in [0.1, 0.15) is 5.82 Å². The van der Waals surface area contributed by atoms with Gasteiger partial charge in [-0.3, -0.25) is 4.57 Å². The van der Waals surface area contributed by atoms with Crippen LogP contribution in [-0.2, 0) is 6.54 Å². The van der Waals surface area contributed by atoms with E-state index in [1.54, 1.807) is 13.8 Å². The van der Waals surface area contributed by atoms with Crippen molar-refractivity contribution in [2.24, 2.45) is 0 Å². The van der Waals surface area contributed by atoms with Crippen LogP contribution in [0.5, 0.6) is 0 Å². The van der Waals surface area contributed by atoms with Crippen molar-refractivity contribution >= 4 is 11.0 Å². The lowest BCUT2D eigenvalue weighted by molar-refractivity contribution is 0.0617. The second-order valence-electron chi connectivity index (χ2n) is 4.49. The van der Waals surface area contributed by atoms with Crippen LogP contribution in [0.1, 0.15) is 13.8 Å². The van der Waals surface area contributed by atoms with E-state index in [9.17, 15) is 14.3 Å². The number of aromatic nitrogens is 2. The Labute approximate surface area is 91.3 Å². The minimum absolute atomic E-state index is 0.120. The molecule has 0 radical (unpaired) electrons. The number of hydrogen-bond donors (Lipinski definition) is 2. The summed E-state index contributed by atoms with van der Waals surface area (Å²) in [7, 11) is 0. The summed E-state index contributed by atoms with van der Waals surface area (Å²) in [5.74, 6) is -0.406. The molecule has 1 aromatic carbocycles. The van der Waals surface area contributed by atoms with E-state index in [0.29, 0.717) is 11.0 Å². The maximum Gasteiger partial charge on any atom is 0.326 e. The fraction of sp³-hybridized carbons (Fsp3) is 0.364. The molecular weight excluding hydrogens is 211 g/mol. The molecule has 0 saturated carbocycles. The Morgan fingerprint density at radius 3 is 2.81 bits per heavy atom. The normalized spacial score (nSPS) is 12.2. The van der Waals surface area contributed by atoms with Gasteiger partial charge in [-0.1, -0.05) is 0 Å². The van der Waals surface area contributed by atoms with Crippen LogP contribution < -0.4 is 5.69 Å². The number of aliphatic hydroxyl groups is 1. The lowest BCUT2D eigenvalue weighted by Crippen LogP contribution is -2.31. The number of nitrogens with zero attached hydrogens (tertiary/aromatic N) is 1. The third kappa shape index (κ3) is 1.99. The number of hydrogen-bond acceptors (Lipinski definition) is 2. The molecule has 0 atom stereocenters. The molecule has 0 bridgehead atoms. The molecule has 1 aromatic heterocycles. The lowest BCUT2D eigenvalue weighted by atomic mass is 10.1. The van der Waals surface area contributed by atoms with Crippen LogP contribution >= 0.6 is 0 Å². The minimum Gasteiger partial charge on any atom is -0.389 e. The van der Waals surface area contributed by atoms with Crippen LogP contribution in [0, 0.1) is 5.82 Å². The monoisotopic (exact) mass is 224 g/mol. The van der Waals surface area contributed by atoms with Crippen molar-refractivity contribution in [3.63, 3.8) is 0 Å². The summed E-state index contributed by atoms with van der Waals surface area (Å²) in [5, 5.41) is 9.68. The largest absolute Gasteiger partial charge is 0.389 e. The minimum atomic E-state index is -1.02. The van der Waals surface area contributed by atoms with E-state index in [2.05, 4.69) is 4.98 Å². The molecule has 2 rings (SSSR count). The van der Waals surface area contributed by atoms with Crippen molar-refractivity contribution in [2.45, 2.75) is 26.0 Å². The molecule has 0 amide bonds. The van der Waals surface area contributed by atoms with E-state index in [1.165, 1.54) is 22.8 Å². The van der Waals surface area contributed by atoms with Crippen molar-refractivity contribution in [1.29, 1.82) is 0 Å². The number of benzene rings is 1. The summed E-state index contributed by atoms with van der Waals surface area (Å²) in [6, 6.07) is 4.07. The Kier molecular flexibility index (Phi) is 2.35. The maximum absolute atomic E-state index is 13.1. The zero-order valence-corrected chi connectivity index (χ0v) is 9.12. The van der Waals surface area contributed by atoms with Crippen molar-refractivity contribution in [2.75, 3.05) is 0 Å². The Hall–Kier alpha value is -1.62.